The Balaban J connectivity index is 1.32. The second kappa shape index (κ2) is 18.8. The Labute approximate surface area is 356 Å². The van der Waals surface area contributed by atoms with Crippen molar-refractivity contribution in [1.82, 2.24) is 20.5 Å². The van der Waals surface area contributed by atoms with E-state index in [1.165, 1.54) is 11.0 Å². The molecule has 6 rings (SSSR count). The minimum atomic E-state index is -4.27. The number of likely N-dealkylation sites (tertiary alicyclic amines) is 1. The average molecular weight is 865 g/mol. The number of methoxy groups -OCH3 is 1. The quantitative estimate of drug-likeness (QED) is 0.0616. The van der Waals surface area contributed by atoms with Crippen LogP contribution in [0.25, 0.3) is 22.2 Å². The van der Waals surface area contributed by atoms with Crippen molar-refractivity contribution in [3.05, 3.63) is 67.3 Å². The van der Waals surface area contributed by atoms with Gasteiger partial charge in [0, 0.05) is 42.5 Å². The number of fused-ring (bicyclic) bond motifs is 1. The van der Waals surface area contributed by atoms with Gasteiger partial charge in [0.1, 0.15) is 41.1 Å². The first-order valence-electron chi connectivity index (χ1n) is 20.6. The van der Waals surface area contributed by atoms with Crippen molar-refractivity contribution in [2.24, 2.45) is 11.3 Å². The molecule has 16 nitrogen and oxygen atoms in total. The summed E-state index contributed by atoms with van der Waals surface area (Å²) in [4.78, 5) is 61.2. The van der Waals surface area contributed by atoms with Crippen LogP contribution in [-0.4, -0.2) is 97.2 Å². The summed E-state index contributed by atoms with van der Waals surface area (Å²) in [6, 6.07) is 14.6. The Morgan fingerprint density at radius 3 is 2.38 bits per heavy atom. The molecule has 6 atom stereocenters. The molecule has 1 unspecified atom stereocenters. The van der Waals surface area contributed by atoms with E-state index in [9.17, 15) is 23.7 Å². The molecule has 1 aromatic heterocycles. The second-order valence-corrected chi connectivity index (χ2v) is 19.4. The van der Waals surface area contributed by atoms with E-state index in [-0.39, 0.29) is 25.5 Å². The first-order valence-corrected chi connectivity index (χ1v) is 22.1. The molecule has 61 heavy (non-hydrogen) atoms. The van der Waals surface area contributed by atoms with Crippen LogP contribution in [0.4, 0.5) is 9.59 Å². The predicted molar refractivity (Wildman–Crippen MR) is 226 cm³/mol. The van der Waals surface area contributed by atoms with Gasteiger partial charge in [-0.25, -0.2) is 14.6 Å². The average Bonchev–Trinajstić information content (AvgIpc) is 3.48. The summed E-state index contributed by atoms with van der Waals surface area (Å²) < 4.78 is 53.3. The molecular weight excluding hydrogens is 807 g/mol. The van der Waals surface area contributed by atoms with Gasteiger partial charge >= 0.3 is 19.8 Å². The number of pyridine rings is 1. The normalized spacial score (nSPS) is 22.8. The number of rotatable bonds is 16. The number of aromatic nitrogens is 1. The summed E-state index contributed by atoms with van der Waals surface area (Å²) in [5.74, 6) is -0.698. The van der Waals surface area contributed by atoms with Crippen LogP contribution in [0.3, 0.4) is 0 Å². The molecule has 2 heterocycles. The molecule has 3 fully saturated rings. The van der Waals surface area contributed by atoms with E-state index in [2.05, 4.69) is 17.2 Å². The smallest absolute Gasteiger partial charge is 0.497 e. The fourth-order valence-electron chi connectivity index (χ4n) is 7.92. The number of hydrogen-bond donors (Lipinski definition) is 2. The van der Waals surface area contributed by atoms with Crippen LogP contribution in [0.5, 0.6) is 11.5 Å². The minimum absolute atomic E-state index is 0.0126. The van der Waals surface area contributed by atoms with Crippen molar-refractivity contribution in [3.8, 4) is 22.8 Å². The van der Waals surface area contributed by atoms with Gasteiger partial charge in [-0.2, -0.15) is 0 Å². The lowest BCUT2D eigenvalue weighted by Gasteiger charge is -2.36. The van der Waals surface area contributed by atoms with E-state index in [0.717, 1.165) is 38.4 Å². The topological polar surface area (TPSA) is 190 Å². The van der Waals surface area contributed by atoms with Crippen molar-refractivity contribution >= 4 is 42.6 Å². The van der Waals surface area contributed by atoms with Crippen molar-refractivity contribution in [2.75, 3.05) is 27.6 Å². The highest BCUT2D eigenvalue weighted by atomic mass is 31.2. The van der Waals surface area contributed by atoms with Gasteiger partial charge in [0.15, 0.2) is 0 Å². The van der Waals surface area contributed by atoms with E-state index >= 15 is 0 Å². The monoisotopic (exact) mass is 864 g/mol. The molecule has 330 valence electrons. The van der Waals surface area contributed by atoms with E-state index < -0.39 is 79.4 Å². The van der Waals surface area contributed by atoms with Crippen LogP contribution in [0.15, 0.2) is 67.3 Å². The number of nitrogens with one attached hydrogen (secondary N) is 2. The highest BCUT2D eigenvalue weighted by Crippen LogP contribution is 2.72. The number of benzene rings is 2. The van der Waals surface area contributed by atoms with Crippen molar-refractivity contribution in [1.29, 1.82) is 0 Å². The van der Waals surface area contributed by atoms with Crippen LogP contribution in [0.2, 0.25) is 0 Å². The number of carbonyl (C=O) groups excluding carboxylic acids is 4. The lowest BCUT2D eigenvalue weighted by atomic mass is 9.85. The highest BCUT2D eigenvalue weighted by Gasteiger charge is 2.68. The largest absolute Gasteiger partial charge is 0.510 e. The molecule has 0 radical (unpaired) electrons. The van der Waals surface area contributed by atoms with E-state index in [1.54, 1.807) is 33.1 Å². The van der Waals surface area contributed by atoms with Gasteiger partial charge in [-0.05, 0) is 63.5 Å². The van der Waals surface area contributed by atoms with Gasteiger partial charge in [-0.1, -0.05) is 57.2 Å². The number of hydrogen-bond acceptors (Lipinski definition) is 13. The minimum Gasteiger partial charge on any atom is -0.497 e. The SMILES string of the molecule is C=C[C@@H]1C[C@]1(NC(=O)[C@@H]1C[C@@H](Oc2cc(-c3ccccc3)nc3cc(OC)ccc23)CN1C(=O)[C@@H](NC(=O)OC1CCCC1)C(C)(C)C)P(=O)(OC)OCOC(=O)OC(C)C. The van der Waals surface area contributed by atoms with Crippen LogP contribution in [0, 0.1) is 11.3 Å². The third-order valence-electron chi connectivity index (χ3n) is 11.2. The molecule has 1 saturated heterocycles. The number of ether oxygens (including phenoxy) is 5. The van der Waals surface area contributed by atoms with E-state index in [1.807, 2.05) is 63.2 Å². The van der Waals surface area contributed by atoms with Crippen molar-refractivity contribution in [3.63, 3.8) is 0 Å². The Morgan fingerprint density at radius 1 is 1.03 bits per heavy atom. The van der Waals surface area contributed by atoms with Gasteiger partial charge < -0.3 is 43.7 Å². The van der Waals surface area contributed by atoms with Gasteiger partial charge in [-0.3, -0.25) is 18.7 Å². The maximum Gasteiger partial charge on any atom is 0.510 e. The lowest BCUT2D eigenvalue weighted by Crippen LogP contribution is -2.58. The van der Waals surface area contributed by atoms with Crippen LogP contribution in [0.1, 0.15) is 73.1 Å². The maximum atomic E-state index is 14.9. The fraction of sp³-hybridized carbons (Fsp3) is 0.523. The molecular formula is C44H57N4O12P. The van der Waals surface area contributed by atoms with Gasteiger partial charge in [-0.15, -0.1) is 6.58 Å². The van der Waals surface area contributed by atoms with Crippen LogP contribution >= 0.6 is 7.60 Å². The Hall–Kier alpha value is -5.18. The molecule has 2 N–H and O–H groups in total. The Kier molecular flexibility index (Phi) is 14.0. The number of alkyl carbamates (subject to hydrolysis) is 1. The molecule has 3 amide bonds. The zero-order chi connectivity index (χ0) is 44.1. The Bertz CT molecular complexity index is 2140. The molecule has 2 aliphatic carbocycles. The molecule has 0 spiro atoms. The van der Waals surface area contributed by atoms with Gasteiger partial charge in [0.2, 0.25) is 18.6 Å². The lowest BCUT2D eigenvalue weighted by molar-refractivity contribution is -0.142. The van der Waals surface area contributed by atoms with Gasteiger partial charge in [0.25, 0.3) is 0 Å². The summed E-state index contributed by atoms with van der Waals surface area (Å²) in [6.07, 6.45) is 1.84. The molecule has 3 aliphatic rings. The summed E-state index contributed by atoms with van der Waals surface area (Å²) in [5.41, 5.74) is 1.27. The third kappa shape index (κ3) is 10.3. The van der Waals surface area contributed by atoms with Crippen molar-refractivity contribution < 1.29 is 56.5 Å². The van der Waals surface area contributed by atoms with Crippen molar-refractivity contribution in [2.45, 2.75) is 109 Å². The summed E-state index contributed by atoms with van der Waals surface area (Å²) >= 11 is 0. The first kappa shape index (κ1) is 45.3. The number of carbonyl (C=O) groups is 4. The molecule has 2 aromatic carbocycles. The number of amides is 3. The predicted octanol–water partition coefficient (Wildman–Crippen LogP) is 7.74. The molecule has 0 bridgehead atoms. The van der Waals surface area contributed by atoms with Gasteiger partial charge in [0.05, 0.1) is 31.0 Å². The van der Waals surface area contributed by atoms with Crippen LogP contribution < -0.4 is 20.1 Å². The summed E-state index contributed by atoms with van der Waals surface area (Å²) in [7, 11) is -1.54. The molecule has 3 aromatic rings. The standard InChI is InChI=1S/C44H57N4O12P/c1-9-29-24-44(29,61(53,55-8)57-26-56-42(52)58-27(2)3)47-39(49)36-22-32(25-48(36)40(50)38(43(4,5)6)46-41(51)60-30-17-13-14-18-30)59-37-23-34(28-15-11-10-12-16-28)45-35-21-31(54-7)19-20-33(35)37/h9-12,15-16,19-21,23,27,29-30,32,36,38H,1,13-14,17-18,22,24-26H2,2-8H3,(H,46,51)(H,47,49)/t29-,32-,36+,38-,44+,61?/m1/s1. The third-order valence-corrected chi connectivity index (χ3v) is 13.7. The maximum absolute atomic E-state index is 14.9. The Morgan fingerprint density at radius 2 is 1.75 bits per heavy atom. The zero-order valence-corrected chi connectivity index (χ0v) is 36.7. The number of nitrogens with zero attached hydrogens (tertiary/aromatic N) is 2. The summed E-state index contributed by atoms with van der Waals surface area (Å²) in [6.45, 7) is 11.7. The highest BCUT2D eigenvalue weighted by molar-refractivity contribution is 7.56. The molecule has 17 heteroatoms. The van der Waals surface area contributed by atoms with E-state index in [0.29, 0.717) is 28.1 Å². The van der Waals surface area contributed by atoms with Crippen LogP contribution in [-0.2, 0) is 37.4 Å². The summed E-state index contributed by atoms with van der Waals surface area (Å²) in [5, 5.41) is 4.78. The fourth-order valence-corrected chi connectivity index (χ4v) is 9.95. The zero-order valence-electron chi connectivity index (χ0n) is 35.8. The molecule has 2 saturated carbocycles. The van der Waals surface area contributed by atoms with E-state index in [4.69, 9.17) is 37.7 Å². The first-order chi connectivity index (χ1) is 29.0. The second-order valence-electron chi connectivity index (χ2n) is 16.9. The molecule has 1 aliphatic heterocycles.